The van der Waals surface area contributed by atoms with E-state index in [1.165, 1.54) is 6.92 Å². The molecule has 5 nitrogen and oxygen atoms in total. The Bertz CT molecular complexity index is 929. The first-order valence-electron chi connectivity index (χ1n) is 8.11. The first kappa shape index (κ1) is 17.2. The molecule has 0 aliphatic rings. The number of rotatable bonds is 5. The van der Waals surface area contributed by atoms with Gasteiger partial charge in [0, 0.05) is 18.3 Å². The highest BCUT2D eigenvalue weighted by Crippen LogP contribution is 2.22. The summed E-state index contributed by atoms with van der Waals surface area (Å²) in [6.07, 6.45) is 3.26. The van der Waals surface area contributed by atoms with Crippen LogP contribution < -0.4 is 10.6 Å². The van der Waals surface area contributed by atoms with E-state index >= 15 is 0 Å². The van der Waals surface area contributed by atoms with Gasteiger partial charge >= 0.3 is 0 Å². The van der Waals surface area contributed by atoms with Crippen molar-refractivity contribution in [2.24, 2.45) is 0 Å². The molecular weight excluding hydrogens is 328 g/mol. The van der Waals surface area contributed by atoms with Gasteiger partial charge in [0.15, 0.2) is 0 Å². The van der Waals surface area contributed by atoms with E-state index in [1.54, 1.807) is 48.7 Å². The van der Waals surface area contributed by atoms with Crippen LogP contribution in [0.1, 0.15) is 18.2 Å². The summed E-state index contributed by atoms with van der Waals surface area (Å²) in [4.78, 5) is 24.1. The summed E-state index contributed by atoms with van der Waals surface area (Å²) in [5.41, 5.74) is 2.46. The Hall–Kier alpha value is -3.60. The Labute approximate surface area is 151 Å². The highest BCUT2D eigenvalue weighted by atomic mass is 16.3. The molecule has 0 spiro atoms. The van der Waals surface area contributed by atoms with Crippen LogP contribution in [0.15, 0.2) is 77.4 Å². The quantitative estimate of drug-likeness (QED) is 0.672. The number of furan rings is 1. The lowest BCUT2D eigenvalue weighted by molar-refractivity contribution is -0.114. The number of anilines is 2. The van der Waals surface area contributed by atoms with Crippen molar-refractivity contribution >= 4 is 34.8 Å². The van der Waals surface area contributed by atoms with Crippen molar-refractivity contribution in [2.45, 2.75) is 6.92 Å². The van der Waals surface area contributed by atoms with E-state index in [-0.39, 0.29) is 11.8 Å². The summed E-state index contributed by atoms with van der Waals surface area (Å²) >= 11 is 0. The predicted octanol–water partition coefficient (Wildman–Crippen LogP) is 4.42. The van der Waals surface area contributed by atoms with Crippen molar-refractivity contribution in [3.63, 3.8) is 0 Å². The maximum Gasteiger partial charge on any atom is 0.256 e. The summed E-state index contributed by atoms with van der Waals surface area (Å²) in [7, 11) is 0. The Morgan fingerprint density at radius 1 is 0.885 bits per heavy atom. The van der Waals surface area contributed by atoms with Crippen molar-refractivity contribution in [2.75, 3.05) is 10.6 Å². The molecule has 26 heavy (non-hydrogen) atoms. The summed E-state index contributed by atoms with van der Waals surface area (Å²) in [5.74, 6) is 0.148. The summed E-state index contributed by atoms with van der Waals surface area (Å²) in [6.45, 7) is 1.44. The van der Waals surface area contributed by atoms with Crippen molar-refractivity contribution in [1.82, 2.24) is 0 Å². The Kier molecular flexibility index (Phi) is 5.29. The third kappa shape index (κ3) is 4.48. The van der Waals surface area contributed by atoms with E-state index in [2.05, 4.69) is 10.6 Å². The highest BCUT2D eigenvalue weighted by Gasteiger charge is 2.13. The molecule has 1 heterocycles. The van der Waals surface area contributed by atoms with Gasteiger partial charge in [-0.05, 0) is 42.0 Å². The third-order valence-corrected chi connectivity index (χ3v) is 3.60. The van der Waals surface area contributed by atoms with Gasteiger partial charge in [-0.3, -0.25) is 9.59 Å². The molecule has 3 aromatic rings. The highest BCUT2D eigenvalue weighted by molar-refractivity contribution is 6.29. The van der Waals surface area contributed by atoms with E-state index in [4.69, 9.17) is 4.42 Å². The molecule has 1 aromatic heterocycles. The van der Waals surface area contributed by atoms with E-state index in [1.807, 2.05) is 30.3 Å². The smallest absolute Gasteiger partial charge is 0.256 e. The molecule has 0 fully saturated rings. The van der Waals surface area contributed by atoms with Gasteiger partial charge in [-0.15, -0.1) is 0 Å². The second-order valence-corrected chi connectivity index (χ2v) is 5.66. The molecule has 0 aliphatic carbocycles. The van der Waals surface area contributed by atoms with Crippen molar-refractivity contribution in [3.05, 3.63) is 84.3 Å². The minimum atomic E-state index is -0.271. The summed E-state index contributed by atoms with van der Waals surface area (Å²) in [6, 6.07) is 19.9. The number of amides is 2. The number of nitrogens with one attached hydrogen (secondary N) is 2. The lowest BCUT2D eigenvalue weighted by Crippen LogP contribution is -2.14. The van der Waals surface area contributed by atoms with E-state index in [0.717, 1.165) is 5.56 Å². The molecule has 0 radical (unpaired) electrons. The van der Waals surface area contributed by atoms with E-state index in [9.17, 15) is 9.59 Å². The monoisotopic (exact) mass is 346 g/mol. The van der Waals surface area contributed by atoms with Crippen LogP contribution in [-0.4, -0.2) is 11.8 Å². The first-order chi connectivity index (χ1) is 12.6. The van der Waals surface area contributed by atoms with Crippen LogP contribution in [0.25, 0.3) is 11.6 Å². The molecule has 130 valence electrons. The third-order valence-electron chi connectivity index (χ3n) is 3.60. The molecule has 0 atom stereocenters. The van der Waals surface area contributed by atoms with Gasteiger partial charge in [0.2, 0.25) is 5.91 Å². The zero-order chi connectivity index (χ0) is 18.4. The molecule has 2 aromatic carbocycles. The van der Waals surface area contributed by atoms with Crippen molar-refractivity contribution in [1.29, 1.82) is 0 Å². The topological polar surface area (TPSA) is 71.3 Å². The fourth-order valence-electron chi connectivity index (χ4n) is 2.49. The normalized spacial score (nSPS) is 11.0. The predicted molar refractivity (Wildman–Crippen MR) is 102 cm³/mol. The number of hydrogen-bond donors (Lipinski definition) is 2. The van der Waals surface area contributed by atoms with Crippen LogP contribution in [0.3, 0.4) is 0 Å². The maximum absolute atomic E-state index is 12.9. The minimum absolute atomic E-state index is 0.170. The molecular formula is C21H18N2O3. The van der Waals surface area contributed by atoms with Gasteiger partial charge in [0.05, 0.1) is 11.8 Å². The molecule has 2 amide bonds. The SMILES string of the molecule is CC(=O)Nc1cccc(NC(=O)/C(=C/c2ccco2)c2ccccc2)c1. The zero-order valence-electron chi connectivity index (χ0n) is 14.2. The lowest BCUT2D eigenvalue weighted by atomic mass is 10.0. The fraction of sp³-hybridized carbons (Fsp3) is 0.0476. The molecule has 0 saturated carbocycles. The van der Waals surface area contributed by atoms with Crippen molar-refractivity contribution in [3.8, 4) is 0 Å². The molecule has 0 aliphatic heterocycles. The van der Waals surface area contributed by atoms with Crippen LogP contribution in [0.4, 0.5) is 11.4 Å². The molecule has 5 heteroatoms. The summed E-state index contributed by atoms with van der Waals surface area (Å²) < 4.78 is 5.34. The average molecular weight is 346 g/mol. The Balaban J connectivity index is 1.88. The fourth-order valence-corrected chi connectivity index (χ4v) is 2.49. The van der Waals surface area contributed by atoms with Crippen LogP contribution in [0, 0.1) is 0 Å². The second kappa shape index (κ2) is 7.98. The van der Waals surface area contributed by atoms with Crippen LogP contribution in [-0.2, 0) is 9.59 Å². The van der Waals surface area contributed by atoms with E-state index in [0.29, 0.717) is 22.7 Å². The molecule has 0 unspecified atom stereocenters. The molecule has 2 N–H and O–H groups in total. The average Bonchev–Trinajstić information content (AvgIpc) is 3.13. The van der Waals surface area contributed by atoms with Crippen molar-refractivity contribution < 1.29 is 14.0 Å². The maximum atomic E-state index is 12.9. The van der Waals surface area contributed by atoms with E-state index < -0.39 is 0 Å². The second-order valence-electron chi connectivity index (χ2n) is 5.66. The van der Waals surface area contributed by atoms with Gasteiger partial charge in [-0.2, -0.15) is 0 Å². The first-order valence-corrected chi connectivity index (χ1v) is 8.11. The number of benzene rings is 2. The summed E-state index contributed by atoms with van der Waals surface area (Å²) in [5, 5.41) is 5.56. The van der Waals surface area contributed by atoms with Gasteiger partial charge < -0.3 is 15.1 Å². The molecule has 3 rings (SSSR count). The molecule has 0 bridgehead atoms. The van der Waals surface area contributed by atoms with Crippen LogP contribution in [0.2, 0.25) is 0 Å². The largest absolute Gasteiger partial charge is 0.465 e. The standard InChI is InChI=1S/C21H18N2O3/c1-15(24)22-17-9-5-10-18(13-17)23-21(25)20(14-19-11-6-12-26-19)16-7-3-2-4-8-16/h2-14H,1H3,(H,22,24)(H,23,25)/b20-14+. The van der Waals surface area contributed by atoms with Gasteiger partial charge in [0.25, 0.3) is 5.91 Å². The van der Waals surface area contributed by atoms with Crippen LogP contribution in [0.5, 0.6) is 0 Å². The molecule has 0 saturated heterocycles. The Morgan fingerprint density at radius 2 is 1.62 bits per heavy atom. The van der Waals surface area contributed by atoms with Gasteiger partial charge in [-0.25, -0.2) is 0 Å². The van der Waals surface area contributed by atoms with Crippen LogP contribution >= 0.6 is 0 Å². The number of carbonyl (C=O) groups excluding carboxylic acids is 2. The zero-order valence-corrected chi connectivity index (χ0v) is 14.2. The minimum Gasteiger partial charge on any atom is -0.465 e. The van der Waals surface area contributed by atoms with Gasteiger partial charge in [-0.1, -0.05) is 36.4 Å². The lowest BCUT2D eigenvalue weighted by Gasteiger charge is -2.10. The number of hydrogen-bond acceptors (Lipinski definition) is 3. The number of carbonyl (C=O) groups is 2. The Morgan fingerprint density at radius 3 is 2.27 bits per heavy atom. The van der Waals surface area contributed by atoms with Gasteiger partial charge in [0.1, 0.15) is 5.76 Å².